The van der Waals surface area contributed by atoms with Crippen molar-refractivity contribution in [3.05, 3.63) is 30.3 Å². The van der Waals surface area contributed by atoms with Crippen LogP contribution in [0, 0.1) is 11.7 Å². The van der Waals surface area contributed by atoms with Crippen LogP contribution < -0.4 is 16.0 Å². The molecule has 1 saturated carbocycles. The van der Waals surface area contributed by atoms with Crippen LogP contribution in [-0.2, 0) is 9.47 Å². The van der Waals surface area contributed by atoms with Crippen molar-refractivity contribution in [1.82, 2.24) is 20.5 Å². The number of anilines is 2. The number of hydrogen-bond acceptors (Lipinski definition) is 8. The molecule has 1 atom stereocenters. The first-order chi connectivity index (χ1) is 16.6. The molecule has 0 aromatic carbocycles. The zero-order valence-corrected chi connectivity index (χ0v) is 20.2. The summed E-state index contributed by atoms with van der Waals surface area (Å²) in [5.74, 6) is 1.53. The second-order valence-corrected chi connectivity index (χ2v) is 9.53. The Hall–Kier alpha value is -2.36. The number of nitrogens with zero attached hydrogens (tertiary/aromatic N) is 3. The third kappa shape index (κ3) is 7.07. The lowest BCUT2D eigenvalue weighted by molar-refractivity contribution is 0.0699. The highest BCUT2D eigenvalue weighted by Gasteiger charge is 2.23. The van der Waals surface area contributed by atoms with Crippen molar-refractivity contribution in [3.8, 4) is 11.1 Å². The van der Waals surface area contributed by atoms with Gasteiger partial charge in [-0.25, -0.2) is 9.37 Å². The summed E-state index contributed by atoms with van der Waals surface area (Å²) in [5, 5.41) is 18.8. The lowest BCUT2D eigenvalue weighted by Gasteiger charge is -2.31. The van der Waals surface area contributed by atoms with E-state index in [4.69, 9.17) is 9.47 Å². The number of hydrogen-bond donors (Lipinski definition) is 3. The number of pyridine rings is 1. The molecule has 0 radical (unpaired) electrons. The largest absolute Gasteiger partial charge is 0.383 e. The summed E-state index contributed by atoms with van der Waals surface area (Å²) in [4.78, 5) is 4.29. The molecule has 0 amide bonds. The second-order valence-electron chi connectivity index (χ2n) is 9.53. The van der Waals surface area contributed by atoms with Gasteiger partial charge in [-0.15, -0.1) is 5.10 Å². The van der Waals surface area contributed by atoms with E-state index >= 15 is 0 Å². The van der Waals surface area contributed by atoms with Crippen LogP contribution in [0.2, 0.25) is 0 Å². The monoisotopic (exact) mass is 472 g/mol. The molecule has 8 nitrogen and oxygen atoms in total. The lowest BCUT2D eigenvalue weighted by Crippen LogP contribution is -2.42. The maximum atomic E-state index is 14.7. The van der Waals surface area contributed by atoms with Gasteiger partial charge in [0.05, 0.1) is 19.0 Å². The van der Waals surface area contributed by atoms with Gasteiger partial charge in [0.2, 0.25) is 0 Å². The number of methoxy groups -OCH3 is 1. The van der Waals surface area contributed by atoms with E-state index in [0.717, 1.165) is 64.9 Å². The Labute approximate surface area is 201 Å². The molecule has 1 saturated heterocycles. The van der Waals surface area contributed by atoms with Crippen LogP contribution in [0.25, 0.3) is 11.1 Å². The summed E-state index contributed by atoms with van der Waals surface area (Å²) >= 11 is 0. The molecule has 2 aromatic rings. The van der Waals surface area contributed by atoms with Crippen LogP contribution in [0.4, 0.5) is 16.0 Å². The molecule has 2 fully saturated rings. The van der Waals surface area contributed by atoms with E-state index in [9.17, 15) is 4.39 Å². The van der Waals surface area contributed by atoms with Gasteiger partial charge in [-0.3, -0.25) is 0 Å². The molecular formula is C25H37FN6O2. The van der Waals surface area contributed by atoms with Crippen molar-refractivity contribution in [1.29, 1.82) is 0 Å². The SMILES string of the molecule is COC[C@@H](C)NC1CCC(Nc2cc(-c3cnnc(NCC4CCOCC4)c3)c(F)cn2)CC1. The van der Waals surface area contributed by atoms with Crippen molar-refractivity contribution in [2.24, 2.45) is 5.92 Å². The molecule has 3 N–H and O–H groups in total. The minimum Gasteiger partial charge on any atom is -0.383 e. The van der Waals surface area contributed by atoms with Crippen LogP contribution in [0.3, 0.4) is 0 Å². The number of ether oxygens (including phenoxy) is 2. The number of aromatic nitrogens is 3. The number of nitrogens with one attached hydrogen (secondary N) is 3. The van der Waals surface area contributed by atoms with Gasteiger partial charge in [0.25, 0.3) is 0 Å². The highest BCUT2D eigenvalue weighted by Crippen LogP contribution is 2.28. The van der Waals surface area contributed by atoms with Crippen LogP contribution in [0.5, 0.6) is 0 Å². The molecule has 0 bridgehead atoms. The van der Waals surface area contributed by atoms with Gasteiger partial charge >= 0.3 is 0 Å². The average molecular weight is 473 g/mol. The molecular weight excluding hydrogens is 435 g/mol. The first-order valence-corrected chi connectivity index (χ1v) is 12.4. The zero-order chi connectivity index (χ0) is 23.8. The van der Waals surface area contributed by atoms with Crippen LogP contribution >= 0.6 is 0 Å². The maximum Gasteiger partial charge on any atom is 0.149 e. The first kappa shape index (κ1) is 24.8. The zero-order valence-electron chi connectivity index (χ0n) is 20.2. The highest BCUT2D eigenvalue weighted by atomic mass is 19.1. The first-order valence-electron chi connectivity index (χ1n) is 12.4. The molecule has 1 aliphatic heterocycles. The van der Waals surface area contributed by atoms with Gasteiger partial charge in [0, 0.05) is 56.1 Å². The number of rotatable bonds is 10. The minimum atomic E-state index is -0.367. The molecule has 3 heterocycles. The Morgan fingerprint density at radius 1 is 1.06 bits per heavy atom. The van der Waals surface area contributed by atoms with E-state index in [1.54, 1.807) is 19.4 Å². The molecule has 0 spiro atoms. The van der Waals surface area contributed by atoms with E-state index in [-0.39, 0.29) is 5.82 Å². The summed E-state index contributed by atoms with van der Waals surface area (Å²) in [6.07, 6.45) is 9.24. The van der Waals surface area contributed by atoms with Gasteiger partial charge < -0.3 is 25.4 Å². The molecule has 1 aliphatic carbocycles. The topological polar surface area (TPSA) is 93.2 Å². The molecule has 2 aliphatic rings. The molecule has 2 aromatic heterocycles. The van der Waals surface area contributed by atoms with Crippen LogP contribution in [0.1, 0.15) is 45.4 Å². The van der Waals surface area contributed by atoms with Crippen LogP contribution in [0.15, 0.2) is 24.5 Å². The van der Waals surface area contributed by atoms with Gasteiger partial charge in [0.1, 0.15) is 17.5 Å². The Morgan fingerprint density at radius 3 is 2.59 bits per heavy atom. The quantitative estimate of drug-likeness (QED) is 0.480. The summed E-state index contributed by atoms with van der Waals surface area (Å²) < 4.78 is 25.3. The van der Waals surface area contributed by atoms with Gasteiger partial charge in [0.15, 0.2) is 0 Å². The van der Waals surface area contributed by atoms with E-state index < -0.39 is 0 Å². The van der Waals surface area contributed by atoms with E-state index in [2.05, 4.69) is 38.1 Å². The van der Waals surface area contributed by atoms with E-state index in [1.807, 2.05) is 6.07 Å². The van der Waals surface area contributed by atoms with Gasteiger partial charge in [-0.2, -0.15) is 5.10 Å². The Bertz CT molecular complexity index is 903. The average Bonchev–Trinajstić information content (AvgIpc) is 2.86. The number of halogens is 1. The fourth-order valence-corrected chi connectivity index (χ4v) is 4.85. The van der Waals surface area contributed by atoms with Crippen molar-refractivity contribution in [2.75, 3.05) is 44.1 Å². The normalized spacial score (nSPS) is 22.3. The smallest absolute Gasteiger partial charge is 0.149 e. The van der Waals surface area contributed by atoms with Crippen molar-refractivity contribution in [3.63, 3.8) is 0 Å². The fraction of sp³-hybridized carbons (Fsp3) is 0.640. The van der Waals surface area contributed by atoms with Gasteiger partial charge in [-0.1, -0.05) is 0 Å². The van der Waals surface area contributed by atoms with E-state index in [0.29, 0.717) is 46.8 Å². The molecule has 0 unspecified atom stereocenters. The summed E-state index contributed by atoms with van der Waals surface area (Å²) in [5.41, 5.74) is 1.16. The molecule has 186 valence electrons. The highest BCUT2D eigenvalue weighted by molar-refractivity contribution is 5.68. The summed E-state index contributed by atoms with van der Waals surface area (Å²) in [6.45, 7) is 5.30. The maximum absolute atomic E-state index is 14.7. The predicted molar refractivity (Wildman–Crippen MR) is 131 cm³/mol. The lowest BCUT2D eigenvalue weighted by atomic mass is 9.90. The van der Waals surface area contributed by atoms with Crippen molar-refractivity contribution in [2.45, 2.75) is 63.6 Å². The Kier molecular flexibility index (Phi) is 9.01. The fourth-order valence-electron chi connectivity index (χ4n) is 4.85. The van der Waals surface area contributed by atoms with Crippen molar-refractivity contribution < 1.29 is 13.9 Å². The Balaban J connectivity index is 1.34. The van der Waals surface area contributed by atoms with E-state index in [1.165, 1.54) is 6.20 Å². The molecule has 34 heavy (non-hydrogen) atoms. The van der Waals surface area contributed by atoms with Crippen molar-refractivity contribution >= 4 is 11.6 Å². The molecule has 4 rings (SSSR count). The predicted octanol–water partition coefficient (Wildman–Crippen LogP) is 3.86. The van der Waals surface area contributed by atoms with Crippen LogP contribution in [-0.4, -0.2) is 66.8 Å². The van der Waals surface area contributed by atoms with Gasteiger partial charge in [-0.05, 0) is 63.5 Å². The summed E-state index contributed by atoms with van der Waals surface area (Å²) in [7, 11) is 1.73. The minimum absolute atomic E-state index is 0.328. The third-order valence-corrected chi connectivity index (χ3v) is 6.75. The molecule has 9 heteroatoms. The second kappa shape index (κ2) is 12.4. The third-order valence-electron chi connectivity index (χ3n) is 6.75. The Morgan fingerprint density at radius 2 is 1.82 bits per heavy atom. The summed E-state index contributed by atoms with van der Waals surface area (Å²) in [6, 6.07) is 4.82. The standard InChI is InChI=1S/C25H37FN6O2/c1-17(16-33-2)30-20-3-5-21(6-4-20)31-24-12-22(23(26)15-28-24)19-11-25(32-29-14-19)27-13-18-7-9-34-10-8-18/h11-12,14-15,17-18,20-21,30H,3-10,13,16H2,1-2H3,(H,27,32)(H,28,31)/t17-,20?,21?/m1/s1.